The van der Waals surface area contributed by atoms with Crippen molar-refractivity contribution in [2.45, 2.75) is 5.88 Å². The van der Waals surface area contributed by atoms with E-state index in [1.54, 1.807) is 0 Å². The molecular weight excluding hydrogens is 347 g/mol. The van der Waals surface area contributed by atoms with E-state index in [0.717, 1.165) is 27.0 Å². The van der Waals surface area contributed by atoms with Crippen LogP contribution in [-0.4, -0.2) is 9.55 Å². The summed E-state index contributed by atoms with van der Waals surface area (Å²) in [5.74, 6) is 1.17. The smallest absolute Gasteiger partial charge is 0.129 e. The standard InChI is InChI=1S/C14H9BrCl2N2/c15-10-7-9(5-6-11(10)17)19-13-4-2-1-3-12(13)18-14(19)8-16/h1-7H,8H2. The van der Waals surface area contributed by atoms with Crippen LogP contribution >= 0.6 is 39.1 Å². The summed E-state index contributed by atoms with van der Waals surface area (Å²) in [5, 5.41) is 0.681. The van der Waals surface area contributed by atoms with Crippen LogP contribution in [0.1, 0.15) is 5.82 Å². The molecule has 5 heteroatoms. The molecule has 0 amide bonds. The Kier molecular flexibility index (Phi) is 3.52. The number of para-hydroxylation sites is 2. The quantitative estimate of drug-likeness (QED) is 0.579. The highest BCUT2D eigenvalue weighted by Crippen LogP contribution is 2.28. The Morgan fingerprint density at radius 1 is 1.16 bits per heavy atom. The van der Waals surface area contributed by atoms with Crippen molar-refractivity contribution in [3.63, 3.8) is 0 Å². The van der Waals surface area contributed by atoms with Crippen LogP contribution in [0.2, 0.25) is 5.02 Å². The number of aromatic nitrogens is 2. The molecule has 0 spiro atoms. The van der Waals surface area contributed by atoms with Crippen molar-refractivity contribution in [2.24, 2.45) is 0 Å². The fourth-order valence-corrected chi connectivity index (χ4v) is 2.74. The minimum Gasteiger partial charge on any atom is -0.295 e. The van der Waals surface area contributed by atoms with Gasteiger partial charge in [-0.25, -0.2) is 4.98 Å². The third kappa shape index (κ3) is 2.27. The molecule has 3 aromatic rings. The summed E-state index contributed by atoms with van der Waals surface area (Å²) in [6.45, 7) is 0. The molecule has 19 heavy (non-hydrogen) atoms. The number of fused-ring (bicyclic) bond motifs is 1. The van der Waals surface area contributed by atoms with Gasteiger partial charge in [-0.05, 0) is 46.3 Å². The summed E-state index contributed by atoms with van der Waals surface area (Å²) >= 11 is 15.5. The largest absolute Gasteiger partial charge is 0.295 e. The van der Waals surface area contributed by atoms with Crippen LogP contribution in [0.4, 0.5) is 0 Å². The van der Waals surface area contributed by atoms with Gasteiger partial charge in [0.1, 0.15) is 5.82 Å². The van der Waals surface area contributed by atoms with Crippen molar-refractivity contribution in [1.82, 2.24) is 9.55 Å². The molecule has 0 aliphatic carbocycles. The number of alkyl halides is 1. The molecule has 0 unspecified atom stereocenters. The second-order valence-corrected chi connectivity index (χ2v) is 5.61. The van der Waals surface area contributed by atoms with Gasteiger partial charge in [-0.2, -0.15) is 0 Å². The fraction of sp³-hybridized carbons (Fsp3) is 0.0714. The van der Waals surface area contributed by atoms with E-state index >= 15 is 0 Å². The zero-order valence-electron chi connectivity index (χ0n) is 9.78. The first-order chi connectivity index (χ1) is 9.20. The van der Waals surface area contributed by atoms with Crippen molar-refractivity contribution >= 4 is 50.2 Å². The molecule has 1 heterocycles. The summed E-state index contributed by atoms with van der Waals surface area (Å²) < 4.78 is 2.90. The molecule has 2 nitrogen and oxygen atoms in total. The van der Waals surface area contributed by atoms with E-state index in [0.29, 0.717) is 10.9 Å². The monoisotopic (exact) mass is 354 g/mol. The number of benzene rings is 2. The van der Waals surface area contributed by atoms with E-state index in [1.807, 2.05) is 47.0 Å². The lowest BCUT2D eigenvalue weighted by Crippen LogP contribution is -1.99. The molecule has 0 aliphatic heterocycles. The maximum Gasteiger partial charge on any atom is 0.129 e. The lowest BCUT2D eigenvalue weighted by atomic mass is 10.3. The van der Waals surface area contributed by atoms with Gasteiger partial charge in [-0.1, -0.05) is 23.7 Å². The van der Waals surface area contributed by atoms with E-state index in [1.165, 1.54) is 0 Å². The van der Waals surface area contributed by atoms with Crippen LogP contribution in [0, 0.1) is 0 Å². The van der Waals surface area contributed by atoms with Crippen LogP contribution in [0.3, 0.4) is 0 Å². The first-order valence-electron chi connectivity index (χ1n) is 5.68. The summed E-state index contributed by atoms with van der Waals surface area (Å²) in [4.78, 5) is 4.54. The molecule has 3 rings (SSSR count). The minimum absolute atomic E-state index is 0.356. The van der Waals surface area contributed by atoms with E-state index in [2.05, 4.69) is 20.9 Å². The van der Waals surface area contributed by atoms with Crippen LogP contribution in [0.15, 0.2) is 46.9 Å². The predicted molar refractivity (Wildman–Crippen MR) is 83.3 cm³/mol. The van der Waals surface area contributed by atoms with Crippen molar-refractivity contribution in [1.29, 1.82) is 0 Å². The molecule has 2 aromatic carbocycles. The second-order valence-electron chi connectivity index (χ2n) is 4.08. The Hall–Kier alpha value is -1.03. The number of nitrogens with zero attached hydrogens (tertiary/aromatic N) is 2. The Balaban J connectivity index is 2.31. The van der Waals surface area contributed by atoms with Gasteiger partial charge in [0, 0.05) is 10.2 Å². The Labute approximate surface area is 129 Å². The maximum absolute atomic E-state index is 6.04. The normalized spacial score (nSPS) is 11.1. The molecular formula is C14H9BrCl2N2. The number of rotatable bonds is 2. The zero-order chi connectivity index (χ0) is 13.4. The molecule has 0 saturated carbocycles. The third-order valence-corrected chi connectivity index (χ3v) is 4.36. The first kappa shape index (κ1) is 13.0. The molecule has 0 saturated heterocycles. The SMILES string of the molecule is ClCc1nc2ccccc2n1-c1ccc(Cl)c(Br)c1. The van der Waals surface area contributed by atoms with Crippen molar-refractivity contribution < 1.29 is 0 Å². The van der Waals surface area contributed by atoms with Crippen LogP contribution < -0.4 is 0 Å². The molecule has 0 fully saturated rings. The van der Waals surface area contributed by atoms with Crippen molar-refractivity contribution in [3.05, 3.63) is 57.8 Å². The van der Waals surface area contributed by atoms with E-state index < -0.39 is 0 Å². The predicted octanol–water partition coefficient (Wildman–Crippen LogP) is 5.18. The van der Waals surface area contributed by atoms with Gasteiger partial charge >= 0.3 is 0 Å². The fourth-order valence-electron chi connectivity index (χ4n) is 2.08. The molecule has 0 bridgehead atoms. The topological polar surface area (TPSA) is 17.8 Å². The third-order valence-electron chi connectivity index (χ3n) is 2.91. The molecule has 1 aromatic heterocycles. The van der Waals surface area contributed by atoms with Crippen LogP contribution in [-0.2, 0) is 5.88 Å². The van der Waals surface area contributed by atoms with Gasteiger partial charge in [0.15, 0.2) is 0 Å². The number of hydrogen-bond acceptors (Lipinski definition) is 1. The summed E-state index contributed by atoms with van der Waals surface area (Å²) in [6, 6.07) is 13.7. The van der Waals surface area contributed by atoms with Gasteiger partial charge in [0.2, 0.25) is 0 Å². The van der Waals surface area contributed by atoms with Crippen LogP contribution in [0.25, 0.3) is 16.7 Å². The van der Waals surface area contributed by atoms with E-state index in [4.69, 9.17) is 23.2 Å². The van der Waals surface area contributed by atoms with Gasteiger partial charge in [0.05, 0.1) is 21.9 Å². The average Bonchev–Trinajstić information content (AvgIpc) is 2.80. The van der Waals surface area contributed by atoms with Gasteiger partial charge in [-0.15, -0.1) is 11.6 Å². The Morgan fingerprint density at radius 2 is 1.95 bits per heavy atom. The second kappa shape index (κ2) is 5.16. The zero-order valence-corrected chi connectivity index (χ0v) is 12.9. The molecule has 0 N–H and O–H groups in total. The van der Waals surface area contributed by atoms with E-state index in [9.17, 15) is 0 Å². The van der Waals surface area contributed by atoms with Crippen molar-refractivity contribution in [2.75, 3.05) is 0 Å². The highest BCUT2D eigenvalue weighted by atomic mass is 79.9. The minimum atomic E-state index is 0.356. The highest BCUT2D eigenvalue weighted by Gasteiger charge is 2.12. The summed E-state index contributed by atoms with van der Waals surface area (Å²) in [7, 11) is 0. The van der Waals surface area contributed by atoms with Crippen LogP contribution in [0.5, 0.6) is 0 Å². The average molecular weight is 356 g/mol. The number of halogens is 3. The number of hydrogen-bond donors (Lipinski definition) is 0. The summed E-state index contributed by atoms with van der Waals surface area (Å²) in [5.41, 5.74) is 2.96. The molecule has 0 radical (unpaired) electrons. The van der Waals surface area contributed by atoms with Gasteiger partial charge < -0.3 is 0 Å². The Bertz CT molecular complexity index is 752. The molecule has 0 aliphatic rings. The lowest BCUT2D eigenvalue weighted by Gasteiger charge is -2.09. The molecule has 0 atom stereocenters. The highest BCUT2D eigenvalue weighted by molar-refractivity contribution is 9.10. The Morgan fingerprint density at radius 3 is 2.68 bits per heavy atom. The van der Waals surface area contributed by atoms with E-state index in [-0.39, 0.29) is 0 Å². The first-order valence-corrected chi connectivity index (χ1v) is 7.39. The molecule has 96 valence electrons. The summed E-state index contributed by atoms with van der Waals surface area (Å²) in [6.07, 6.45) is 0. The van der Waals surface area contributed by atoms with Gasteiger partial charge in [-0.3, -0.25) is 4.57 Å². The van der Waals surface area contributed by atoms with Crippen molar-refractivity contribution in [3.8, 4) is 5.69 Å². The lowest BCUT2D eigenvalue weighted by molar-refractivity contribution is 0.981. The maximum atomic E-state index is 6.04. The van der Waals surface area contributed by atoms with Gasteiger partial charge in [0.25, 0.3) is 0 Å². The number of imidazole rings is 1.